The summed E-state index contributed by atoms with van der Waals surface area (Å²) in [5.41, 5.74) is 2.53. The summed E-state index contributed by atoms with van der Waals surface area (Å²) in [5, 5.41) is 15.2. The first kappa shape index (κ1) is 11.5. The number of aryl methyl sites for hydroxylation is 2. The Labute approximate surface area is 90.3 Å². The Kier molecular flexibility index (Phi) is 4.07. The van der Waals surface area contributed by atoms with Crippen molar-refractivity contribution in [3.63, 3.8) is 0 Å². The Morgan fingerprint density at radius 1 is 1.40 bits per heavy atom. The Bertz CT molecular complexity index is 379. The van der Waals surface area contributed by atoms with Gasteiger partial charge in [-0.1, -0.05) is 0 Å². The fourth-order valence-electron chi connectivity index (χ4n) is 1.41. The van der Waals surface area contributed by atoms with E-state index in [4.69, 9.17) is 5.26 Å². The molecule has 0 saturated carbocycles. The lowest BCUT2D eigenvalue weighted by atomic mass is 10.1. The monoisotopic (exact) mass is 204 g/mol. The van der Waals surface area contributed by atoms with Gasteiger partial charge in [0.25, 0.3) is 0 Å². The van der Waals surface area contributed by atoms with Gasteiger partial charge >= 0.3 is 0 Å². The molecule has 0 aliphatic heterocycles. The molecule has 0 aromatic carbocycles. The van der Waals surface area contributed by atoms with E-state index in [-0.39, 0.29) is 0 Å². The smallest absolute Gasteiger partial charge is 0.144 e. The predicted octanol–water partition coefficient (Wildman–Crippen LogP) is 1.20. The van der Waals surface area contributed by atoms with Crippen molar-refractivity contribution in [3.05, 3.63) is 22.9 Å². The van der Waals surface area contributed by atoms with E-state index in [2.05, 4.69) is 21.7 Å². The summed E-state index contributed by atoms with van der Waals surface area (Å²) in [7, 11) is 1.89. The standard InChI is InChI=1S/C11H16N4/c1-8-6-9(2)15-11(10(8)7-12)14-5-4-13-3/h6,13H,4-5H2,1-3H3,(H,14,15). The van der Waals surface area contributed by atoms with Gasteiger partial charge in [-0.05, 0) is 32.5 Å². The third kappa shape index (κ3) is 2.93. The van der Waals surface area contributed by atoms with Crippen LogP contribution < -0.4 is 10.6 Å². The van der Waals surface area contributed by atoms with Crippen LogP contribution in [0.15, 0.2) is 6.07 Å². The highest BCUT2D eigenvalue weighted by Crippen LogP contribution is 2.16. The molecule has 4 heteroatoms. The molecule has 4 nitrogen and oxygen atoms in total. The van der Waals surface area contributed by atoms with Gasteiger partial charge in [0.15, 0.2) is 0 Å². The average molecular weight is 204 g/mol. The fourth-order valence-corrected chi connectivity index (χ4v) is 1.41. The summed E-state index contributed by atoms with van der Waals surface area (Å²) in [6.07, 6.45) is 0. The molecule has 2 N–H and O–H groups in total. The maximum atomic E-state index is 9.00. The van der Waals surface area contributed by atoms with Crippen molar-refractivity contribution in [2.24, 2.45) is 0 Å². The number of rotatable bonds is 4. The lowest BCUT2D eigenvalue weighted by Crippen LogP contribution is -2.19. The van der Waals surface area contributed by atoms with Gasteiger partial charge in [0.2, 0.25) is 0 Å². The zero-order chi connectivity index (χ0) is 11.3. The second kappa shape index (κ2) is 5.32. The first-order valence-corrected chi connectivity index (χ1v) is 4.96. The van der Waals surface area contributed by atoms with Crippen LogP contribution in [0, 0.1) is 25.2 Å². The summed E-state index contributed by atoms with van der Waals surface area (Å²) < 4.78 is 0. The zero-order valence-electron chi connectivity index (χ0n) is 9.39. The average Bonchev–Trinajstić information content (AvgIpc) is 2.17. The molecule has 0 bridgehead atoms. The molecule has 0 aliphatic rings. The molecule has 15 heavy (non-hydrogen) atoms. The fraction of sp³-hybridized carbons (Fsp3) is 0.455. The molecule has 0 fully saturated rings. The summed E-state index contributed by atoms with van der Waals surface area (Å²) in [6.45, 7) is 5.47. The number of hydrogen-bond donors (Lipinski definition) is 2. The van der Waals surface area contributed by atoms with E-state index in [1.54, 1.807) is 0 Å². The van der Waals surface area contributed by atoms with E-state index in [9.17, 15) is 0 Å². The Balaban J connectivity index is 2.90. The van der Waals surface area contributed by atoms with E-state index in [1.165, 1.54) is 0 Å². The highest BCUT2D eigenvalue weighted by atomic mass is 15.0. The van der Waals surface area contributed by atoms with Crippen molar-refractivity contribution in [2.75, 3.05) is 25.5 Å². The minimum Gasteiger partial charge on any atom is -0.368 e. The maximum Gasteiger partial charge on any atom is 0.144 e. The van der Waals surface area contributed by atoms with Crippen molar-refractivity contribution in [1.29, 1.82) is 5.26 Å². The van der Waals surface area contributed by atoms with Gasteiger partial charge in [0.1, 0.15) is 11.9 Å². The second-order valence-electron chi connectivity index (χ2n) is 3.45. The molecule has 0 saturated heterocycles. The lowest BCUT2D eigenvalue weighted by molar-refractivity contribution is 0.820. The van der Waals surface area contributed by atoms with Crippen LogP contribution in [0.1, 0.15) is 16.8 Å². The van der Waals surface area contributed by atoms with Crippen LogP contribution in [-0.4, -0.2) is 25.1 Å². The molecule has 1 rings (SSSR count). The van der Waals surface area contributed by atoms with Gasteiger partial charge in [0.05, 0.1) is 5.56 Å². The molecule has 1 heterocycles. The molecule has 0 radical (unpaired) electrons. The van der Waals surface area contributed by atoms with Crippen LogP contribution in [0.3, 0.4) is 0 Å². The molecule has 80 valence electrons. The first-order chi connectivity index (χ1) is 7.19. The van der Waals surface area contributed by atoms with Crippen molar-refractivity contribution in [3.8, 4) is 6.07 Å². The molecule has 1 aromatic heterocycles. The molecule has 0 amide bonds. The van der Waals surface area contributed by atoms with Crippen LogP contribution in [0.5, 0.6) is 0 Å². The van der Waals surface area contributed by atoms with Crippen molar-refractivity contribution in [2.45, 2.75) is 13.8 Å². The number of nitriles is 1. The number of aromatic nitrogens is 1. The normalized spacial score (nSPS) is 9.73. The predicted molar refractivity (Wildman–Crippen MR) is 60.8 cm³/mol. The van der Waals surface area contributed by atoms with Crippen LogP contribution >= 0.6 is 0 Å². The minimum atomic E-state index is 0.636. The second-order valence-corrected chi connectivity index (χ2v) is 3.45. The Hall–Kier alpha value is -1.60. The summed E-state index contributed by atoms with van der Waals surface area (Å²) in [6, 6.07) is 4.09. The molecular formula is C11H16N4. The Morgan fingerprint density at radius 2 is 2.13 bits per heavy atom. The largest absolute Gasteiger partial charge is 0.368 e. The number of nitrogens with zero attached hydrogens (tertiary/aromatic N) is 2. The molecule has 1 aromatic rings. The van der Waals surface area contributed by atoms with E-state index in [1.807, 2.05) is 27.0 Å². The van der Waals surface area contributed by atoms with Gasteiger partial charge in [-0.25, -0.2) is 4.98 Å². The third-order valence-electron chi connectivity index (χ3n) is 2.12. The number of likely N-dealkylation sites (N-methyl/N-ethyl adjacent to an activating group) is 1. The number of nitrogens with one attached hydrogen (secondary N) is 2. The van der Waals surface area contributed by atoms with Crippen LogP contribution in [0.4, 0.5) is 5.82 Å². The molecular weight excluding hydrogens is 188 g/mol. The minimum absolute atomic E-state index is 0.636. The van der Waals surface area contributed by atoms with E-state index in [0.29, 0.717) is 11.4 Å². The van der Waals surface area contributed by atoms with Gasteiger partial charge in [-0.15, -0.1) is 0 Å². The summed E-state index contributed by atoms with van der Waals surface area (Å²) >= 11 is 0. The molecule has 0 spiro atoms. The van der Waals surface area contributed by atoms with Crippen LogP contribution in [-0.2, 0) is 0 Å². The highest BCUT2D eigenvalue weighted by molar-refractivity contribution is 5.56. The number of anilines is 1. The van der Waals surface area contributed by atoms with Crippen LogP contribution in [0.2, 0.25) is 0 Å². The van der Waals surface area contributed by atoms with Crippen molar-refractivity contribution < 1.29 is 0 Å². The first-order valence-electron chi connectivity index (χ1n) is 4.96. The van der Waals surface area contributed by atoms with E-state index >= 15 is 0 Å². The summed E-state index contributed by atoms with van der Waals surface area (Å²) in [5.74, 6) is 0.685. The topological polar surface area (TPSA) is 60.7 Å². The quantitative estimate of drug-likeness (QED) is 0.723. The molecule has 0 atom stereocenters. The summed E-state index contributed by atoms with van der Waals surface area (Å²) in [4.78, 5) is 4.32. The van der Waals surface area contributed by atoms with E-state index < -0.39 is 0 Å². The van der Waals surface area contributed by atoms with Crippen molar-refractivity contribution >= 4 is 5.82 Å². The lowest BCUT2D eigenvalue weighted by Gasteiger charge is -2.09. The van der Waals surface area contributed by atoms with Gasteiger partial charge < -0.3 is 10.6 Å². The Morgan fingerprint density at radius 3 is 2.73 bits per heavy atom. The van der Waals surface area contributed by atoms with E-state index in [0.717, 1.165) is 24.3 Å². The highest BCUT2D eigenvalue weighted by Gasteiger charge is 2.07. The maximum absolute atomic E-state index is 9.00. The SMILES string of the molecule is CNCCNc1nc(C)cc(C)c1C#N. The third-order valence-corrected chi connectivity index (χ3v) is 2.12. The zero-order valence-corrected chi connectivity index (χ0v) is 9.39. The molecule has 0 aliphatic carbocycles. The van der Waals surface area contributed by atoms with Crippen LogP contribution in [0.25, 0.3) is 0 Å². The van der Waals surface area contributed by atoms with Gasteiger partial charge in [0, 0.05) is 18.8 Å². The van der Waals surface area contributed by atoms with Gasteiger partial charge in [-0.2, -0.15) is 5.26 Å². The van der Waals surface area contributed by atoms with Gasteiger partial charge in [-0.3, -0.25) is 0 Å². The van der Waals surface area contributed by atoms with Crippen molar-refractivity contribution in [1.82, 2.24) is 10.3 Å². The molecule has 0 unspecified atom stereocenters. The number of hydrogen-bond acceptors (Lipinski definition) is 4. The number of pyridine rings is 1.